The van der Waals surface area contributed by atoms with Gasteiger partial charge in [0.1, 0.15) is 0 Å². The molecule has 0 radical (unpaired) electrons. The standard InChI is InChI=1S/C15H20N2O4/c1-3-21-14(18)12-4-6-13(7-5-12)16-8-10-17(11-9-16)15(19)20-2/h4-7H,3,8-11H2,1-2H3. The van der Waals surface area contributed by atoms with Crippen molar-refractivity contribution in [3.05, 3.63) is 29.8 Å². The molecule has 6 nitrogen and oxygen atoms in total. The molecule has 1 aromatic carbocycles. The fraction of sp³-hybridized carbons (Fsp3) is 0.467. The van der Waals surface area contributed by atoms with Crippen molar-refractivity contribution < 1.29 is 19.1 Å². The zero-order valence-corrected chi connectivity index (χ0v) is 12.4. The van der Waals surface area contributed by atoms with Crippen LogP contribution in [0.5, 0.6) is 0 Å². The second kappa shape index (κ2) is 6.97. The van der Waals surface area contributed by atoms with E-state index in [-0.39, 0.29) is 12.1 Å². The van der Waals surface area contributed by atoms with Crippen LogP contribution < -0.4 is 4.90 Å². The van der Waals surface area contributed by atoms with E-state index in [9.17, 15) is 9.59 Å². The molecule has 0 spiro atoms. The van der Waals surface area contributed by atoms with E-state index < -0.39 is 0 Å². The maximum Gasteiger partial charge on any atom is 0.409 e. The Morgan fingerprint density at radius 2 is 1.71 bits per heavy atom. The quantitative estimate of drug-likeness (QED) is 0.794. The topological polar surface area (TPSA) is 59.1 Å². The number of rotatable bonds is 3. The Morgan fingerprint density at radius 1 is 1.10 bits per heavy atom. The lowest BCUT2D eigenvalue weighted by Crippen LogP contribution is -2.48. The first-order valence-electron chi connectivity index (χ1n) is 7.00. The highest BCUT2D eigenvalue weighted by Gasteiger charge is 2.21. The van der Waals surface area contributed by atoms with Gasteiger partial charge in [-0.2, -0.15) is 0 Å². The minimum atomic E-state index is -0.306. The summed E-state index contributed by atoms with van der Waals surface area (Å²) in [5.41, 5.74) is 1.58. The number of ether oxygens (including phenoxy) is 2. The van der Waals surface area contributed by atoms with E-state index >= 15 is 0 Å². The molecule has 1 aliphatic heterocycles. The number of nitrogens with zero attached hydrogens (tertiary/aromatic N) is 2. The molecule has 0 atom stereocenters. The number of methoxy groups -OCH3 is 1. The maximum absolute atomic E-state index is 11.6. The highest BCUT2D eigenvalue weighted by molar-refractivity contribution is 5.89. The SMILES string of the molecule is CCOC(=O)c1ccc(N2CCN(C(=O)OC)CC2)cc1. The number of piperazine rings is 1. The molecule has 114 valence electrons. The number of esters is 1. The first kappa shape index (κ1) is 15.2. The minimum absolute atomic E-state index is 0.285. The smallest absolute Gasteiger partial charge is 0.409 e. The lowest BCUT2D eigenvalue weighted by atomic mass is 10.2. The van der Waals surface area contributed by atoms with E-state index in [1.54, 1.807) is 24.0 Å². The van der Waals surface area contributed by atoms with Crippen LogP contribution >= 0.6 is 0 Å². The summed E-state index contributed by atoms with van der Waals surface area (Å²) >= 11 is 0. The van der Waals surface area contributed by atoms with Crippen LogP contribution in [0.25, 0.3) is 0 Å². The van der Waals surface area contributed by atoms with Crippen LogP contribution in [0.4, 0.5) is 10.5 Å². The zero-order valence-electron chi connectivity index (χ0n) is 12.4. The maximum atomic E-state index is 11.6. The number of benzene rings is 1. The Kier molecular flexibility index (Phi) is 5.03. The summed E-state index contributed by atoms with van der Waals surface area (Å²) in [4.78, 5) is 26.9. The van der Waals surface area contributed by atoms with E-state index in [0.29, 0.717) is 25.3 Å². The number of anilines is 1. The van der Waals surface area contributed by atoms with Gasteiger partial charge in [0.05, 0.1) is 19.3 Å². The number of hydrogen-bond donors (Lipinski definition) is 0. The second-order valence-corrected chi connectivity index (χ2v) is 4.71. The normalized spacial score (nSPS) is 14.8. The van der Waals surface area contributed by atoms with E-state index in [1.165, 1.54) is 7.11 Å². The van der Waals surface area contributed by atoms with E-state index in [2.05, 4.69) is 4.90 Å². The van der Waals surface area contributed by atoms with Gasteiger partial charge in [-0.25, -0.2) is 9.59 Å². The second-order valence-electron chi connectivity index (χ2n) is 4.71. The lowest BCUT2D eigenvalue weighted by molar-refractivity contribution is 0.0526. The molecule has 1 aliphatic rings. The third-order valence-electron chi connectivity index (χ3n) is 3.46. The van der Waals surface area contributed by atoms with Gasteiger partial charge in [0.15, 0.2) is 0 Å². The summed E-state index contributed by atoms with van der Waals surface area (Å²) in [6.45, 7) is 4.91. The molecule has 0 N–H and O–H groups in total. The summed E-state index contributed by atoms with van der Waals surface area (Å²) in [5.74, 6) is -0.306. The van der Waals surface area contributed by atoms with Gasteiger partial charge < -0.3 is 19.3 Å². The number of carbonyl (C=O) groups is 2. The van der Waals surface area contributed by atoms with E-state index in [1.807, 2.05) is 12.1 Å². The molecule has 1 saturated heterocycles. The summed E-state index contributed by atoms with van der Waals surface area (Å²) in [6.07, 6.45) is -0.285. The number of hydrogen-bond acceptors (Lipinski definition) is 5. The monoisotopic (exact) mass is 292 g/mol. The molecule has 0 aliphatic carbocycles. The first-order chi connectivity index (χ1) is 10.2. The lowest BCUT2D eigenvalue weighted by Gasteiger charge is -2.35. The average Bonchev–Trinajstić information content (AvgIpc) is 2.54. The molecule has 6 heteroatoms. The number of carbonyl (C=O) groups excluding carboxylic acids is 2. The van der Waals surface area contributed by atoms with Gasteiger partial charge in [-0.1, -0.05) is 0 Å². The molecule has 1 heterocycles. The third kappa shape index (κ3) is 3.65. The van der Waals surface area contributed by atoms with Crippen molar-refractivity contribution in [2.75, 3.05) is 44.8 Å². The van der Waals surface area contributed by atoms with Gasteiger partial charge in [0, 0.05) is 31.9 Å². The van der Waals surface area contributed by atoms with Gasteiger partial charge in [0.25, 0.3) is 0 Å². The Morgan fingerprint density at radius 3 is 2.24 bits per heavy atom. The largest absolute Gasteiger partial charge is 0.462 e. The van der Waals surface area contributed by atoms with Crippen LogP contribution in [0.2, 0.25) is 0 Å². The Balaban J connectivity index is 1.95. The van der Waals surface area contributed by atoms with Crippen molar-refractivity contribution in [1.29, 1.82) is 0 Å². The van der Waals surface area contributed by atoms with Crippen LogP contribution in [-0.2, 0) is 9.47 Å². The van der Waals surface area contributed by atoms with Crippen LogP contribution in [-0.4, -0.2) is 56.9 Å². The van der Waals surface area contributed by atoms with Gasteiger partial charge in [-0.15, -0.1) is 0 Å². The third-order valence-corrected chi connectivity index (χ3v) is 3.46. The predicted octanol–water partition coefficient (Wildman–Crippen LogP) is 1.75. The van der Waals surface area contributed by atoms with Gasteiger partial charge in [-0.05, 0) is 31.2 Å². The summed E-state index contributed by atoms with van der Waals surface area (Å²) in [6, 6.07) is 7.33. The Labute approximate surface area is 124 Å². The van der Waals surface area contributed by atoms with E-state index in [0.717, 1.165) is 18.8 Å². The number of amides is 1. The van der Waals surface area contributed by atoms with Crippen molar-refractivity contribution in [2.45, 2.75) is 6.92 Å². The van der Waals surface area contributed by atoms with E-state index in [4.69, 9.17) is 9.47 Å². The molecule has 1 fully saturated rings. The molecular formula is C15H20N2O4. The van der Waals surface area contributed by atoms with Crippen molar-refractivity contribution in [1.82, 2.24) is 4.90 Å². The molecule has 1 aromatic rings. The molecule has 21 heavy (non-hydrogen) atoms. The van der Waals surface area contributed by atoms with Crippen LogP contribution in [0.3, 0.4) is 0 Å². The van der Waals surface area contributed by atoms with Crippen LogP contribution in [0, 0.1) is 0 Å². The van der Waals surface area contributed by atoms with Gasteiger partial charge >= 0.3 is 12.1 Å². The minimum Gasteiger partial charge on any atom is -0.462 e. The average molecular weight is 292 g/mol. The van der Waals surface area contributed by atoms with Crippen LogP contribution in [0.1, 0.15) is 17.3 Å². The van der Waals surface area contributed by atoms with Crippen molar-refractivity contribution in [3.8, 4) is 0 Å². The molecule has 0 aromatic heterocycles. The summed E-state index contributed by atoms with van der Waals surface area (Å²) in [7, 11) is 1.39. The molecule has 2 rings (SSSR count). The summed E-state index contributed by atoms with van der Waals surface area (Å²) < 4.78 is 9.67. The fourth-order valence-corrected chi connectivity index (χ4v) is 2.30. The van der Waals surface area contributed by atoms with Gasteiger partial charge in [-0.3, -0.25) is 0 Å². The van der Waals surface area contributed by atoms with Crippen molar-refractivity contribution >= 4 is 17.7 Å². The highest BCUT2D eigenvalue weighted by atomic mass is 16.5. The first-order valence-corrected chi connectivity index (χ1v) is 7.00. The predicted molar refractivity (Wildman–Crippen MR) is 78.6 cm³/mol. The van der Waals surface area contributed by atoms with Crippen LogP contribution in [0.15, 0.2) is 24.3 Å². The van der Waals surface area contributed by atoms with Crippen molar-refractivity contribution in [3.63, 3.8) is 0 Å². The molecule has 1 amide bonds. The highest BCUT2D eigenvalue weighted by Crippen LogP contribution is 2.18. The molecular weight excluding hydrogens is 272 g/mol. The Bertz CT molecular complexity index is 493. The molecule has 0 bridgehead atoms. The molecule has 0 unspecified atom stereocenters. The van der Waals surface area contributed by atoms with Crippen molar-refractivity contribution in [2.24, 2.45) is 0 Å². The fourth-order valence-electron chi connectivity index (χ4n) is 2.30. The zero-order chi connectivity index (χ0) is 15.2. The Hall–Kier alpha value is -2.24. The molecule has 0 saturated carbocycles. The summed E-state index contributed by atoms with van der Waals surface area (Å²) in [5, 5.41) is 0. The van der Waals surface area contributed by atoms with Gasteiger partial charge in [0.2, 0.25) is 0 Å².